The molecule has 1 heterocycles. The fraction of sp³-hybridized carbons (Fsp3) is 0.667. The molecule has 20 heavy (non-hydrogen) atoms. The van der Waals surface area contributed by atoms with E-state index in [1.165, 1.54) is 0 Å². The second-order valence-corrected chi connectivity index (χ2v) is 4.69. The molecule has 1 aromatic heterocycles. The van der Waals surface area contributed by atoms with Crippen LogP contribution in [0.4, 0.5) is 5.82 Å². The molecule has 0 radical (unpaired) electrons. The molecule has 0 bridgehead atoms. The van der Waals surface area contributed by atoms with Crippen LogP contribution in [0.2, 0.25) is 0 Å². The lowest BCUT2D eigenvalue weighted by Crippen LogP contribution is -2.23. The Balaban J connectivity index is 2.81. The van der Waals surface area contributed by atoms with Gasteiger partial charge in [-0.25, -0.2) is 14.3 Å². The summed E-state index contributed by atoms with van der Waals surface area (Å²) in [5.41, 5.74) is 5.66. The lowest BCUT2D eigenvalue weighted by atomic mass is 10.2. The molecule has 0 aliphatic rings. The summed E-state index contributed by atoms with van der Waals surface area (Å²) in [4.78, 5) is 23.4. The van der Waals surface area contributed by atoms with E-state index in [1.807, 2.05) is 13.8 Å². The third kappa shape index (κ3) is 3.69. The minimum absolute atomic E-state index is 0.0163. The maximum atomic E-state index is 11.8. The van der Waals surface area contributed by atoms with E-state index >= 15 is 0 Å². The monoisotopic (exact) mass is 284 g/mol. The second-order valence-electron chi connectivity index (χ2n) is 4.69. The Kier molecular flexibility index (Phi) is 5.48. The maximum absolute atomic E-state index is 11.8. The number of nitrogens with zero attached hydrogens (tertiary/aromatic N) is 3. The van der Waals surface area contributed by atoms with Gasteiger partial charge < -0.3 is 15.2 Å². The molecule has 1 atom stereocenters. The van der Waals surface area contributed by atoms with Crippen molar-refractivity contribution in [3.63, 3.8) is 0 Å². The molecular weight excluding hydrogens is 264 g/mol. The largest absolute Gasteiger partial charge is 0.464 e. The smallest absolute Gasteiger partial charge is 0.362 e. The lowest BCUT2D eigenvalue weighted by molar-refractivity contribution is -0.148. The standard InChI is InChI=1S/C12H20N4O4/c1-5-19-12(18)9-10(13)16(15-14-9)8(4)11(17)20-6-7(2)3/h7-8H,5-6,13H2,1-4H3. The van der Waals surface area contributed by atoms with E-state index in [4.69, 9.17) is 15.2 Å². The summed E-state index contributed by atoms with van der Waals surface area (Å²) in [6.07, 6.45) is 0. The predicted octanol–water partition coefficient (Wildman–Crippen LogP) is 0.797. The third-order valence-corrected chi connectivity index (χ3v) is 2.47. The van der Waals surface area contributed by atoms with Gasteiger partial charge in [0.15, 0.2) is 11.9 Å². The summed E-state index contributed by atoms with van der Waals surface area (Å²) in [5, 5.41) is 7.35. The van der Waals surface area contributed by atoms with E-state index in [0.29, 0.717) is 6.61 Å². The SMILES string of the molecule is CCOC(=O)c1nnn(C(C)C(=O)OCC(C)C)c1N. The van der Waals surface area contributed by atoms with Gasteiger partial charge >= 0.3 is 11.9 Å². The maximum Gasteiger partial charge on any atom is 0.362 e. The highest BCUT2D eigenvalue weighted by Gasteiger charge is 2.25. The van der Waals surface area contributed by atoms with Crippen molar-refractivity contribution in [1.82, 2.24) is 15.0 Å². The van der Waals surface area contributed by atoms with Crippen LogP contribution in [-0.2, 0) is 14.3 Å². The van der Waals surface area contributed by atoms with Crippen molar-refractivity contribution in [2.75, 3.05) is 18.9 Å². The van der Waals surface area contributed by atoms with Gasteiger partial charge in [-0.15, -0.1) is 5.10 Å². The van der Waals surface area contributed by atoms with Gasteiger partial charge in [-0.3, -0.25) is 0 Å². The molecule has 0 fully saturated rings. The number of anilines is 1. The third-order valence-electron chi connectivity index (χ3n) is 2.47. The quantitative estimate of drug-likeness (QED) is 0.769. The van der Waals surface area contributed by atoms with Gasteiger partial charge in [0.25, 0.3) is 0 Å². The Morgan fingerprint density at radius 3 is 2.50 bits per heavy atom. The van der Waals surface area contributed by atoms with Crippen LogP contribution in [0.1, 0.15) is 44.2 Å². The van der Waals surface area contributed by atoms with E-state index in [0.717, 1.165) is 4.68 Å². The molecule has 2 N–H and O–H groups in total. The molecule has 0 aliphatic heterocycles. The first kappa shape index (κ1) is 15.9. The van der Waals surface area contributed by atoms with E-state index < -0.39 is 18.0 Å². The minimum atomic E-state index is -0.760. The van der Waals surface area contributed by atoms with Gasteiger partial charge in [0, 0.05) is 0 Å². The molecule has 0 saturated carbocycles. The van der Waals surface area contributed by atoms with Gasteiger partial charge in [0.2, 0.25) is 5.69 Å². The molecule has 112 valence electrons. The highest BCUT2D eigenvalue weighted by atomic mass is 16.5. The Morgan fingerprint density at radius 1 is 1.30 bits per heavy atom. The summed E-state index contributed by atoms with van der Waals surface area (Å²) in [6.45, 7) is 7.62. The van der Waals surface area contributed by atoms with Crippen molar-refractivity contribution >= 4 is 17.8 Å². The van der Waals surface area contributed by atoms with Crippen molar-refractivity contribution in [3.8, 4) is 0 Å². The van der Waals surface area contributed by atoms with Crippen molar-refractivity contribution in [2.24, 2.45) is 5.92 Å². The molecule has 1 unspecified atom stereocenters. The molecule has 0 saturated heterocycles. The lowest BCUT2D eigenvalue weighted by Gasteiger charge is -2.13. The van der Waals surface area contributed by atoms with Crippen LogP contribution < -0.4 is 5.73 Å². The van der Waals surface area contributed by atoms with Gasteiger partial charge in [-0.05, 0) is 19.8 Å². The van der Waals surface area contributed by atoms with Crippen LogP contribution in [0.15, 0.2) is 0 Å². The van der Waals surface area contributed by atoms with Gasteiger partial charge in [-0.1, -0.05) is 19.1 Å². The molecule has 8 heteroatoms. The van der Waals surface area contributed by atoms with Crippen LogP contribution in [0.3, 0.4) is 0 Å². The summed E-state index contributed by atoms with van der Waals surface area (Å²) in [7, 11) is 0. The fourth-order valence-corrected chi connectivity index (χ4v) is 1.40. The number of aromatic nitrogens is 3. The molecule has 0 amide bonds. The van der Waals surface area contributed by atoms with Crippen LogP contribution >= 0.6 is 0 Å². The molecule has 0 spiro atoms. The number of esters is 2. The summed E-state index contributed by atoms with van der Waals surface area (Å²) < 4.78 is 11.0. The topological polar surface area (TPSA) is 109 Å². The molecule has 0 aromatic carbocycles. The minimum Gasteiger partial charge on any atom is -0.464 e. The van der Waals surface area contributed by atoms with Crippen LogP contribution in [0, 0.1) is 5.92 Å². The predicted molar refractivity (Wildman–Crippen MR) is 70.9 cm³/mol. The zero-order valence-corrected chi connectivity index (χ0v) is 12.1. The average Bonchev–Trinajstić information content (AvgIpc) is 2.77. The first-order valence-electron chi connectivity index (χ1n) is 6.42. The van der Waals surface area contributed by atoms with Gasteiger partial charge in [0.1, 0.15) is 0 Å². The first-order chi connectivity index (χ1) is 9.38. The van der Waals surface area contributed by atoms with Gasteiger partial charge in [0.05, 0.1) is 13.2 Å². The Labute approximate surface area is 117 Å². The van der Waals surface area contributed by atoms with E-state index in [9.17, 15) is 9.59 Å². The zero-order valence-electron chi connectivity index (χ0n) is 12.1. The molecule has 8 nitrogen and oxygen atoms in total. The molecule has 0 aliphatic carbocycles. The first-order valence-corrected chi connectivity index (χ1v) is 6.42. The number of nitrogen functional groups attached to an aromatic ring is 1. The Morgan fingerprint density at radius 2 is 1.95 bits per heavy atom. The number of nitrogens with two attached hydrogens (primary N) is 1. The summed E-state index contributed by atoms with van der Waals surface area (Å²) in [5.74, 6) is -0.934. The number of hydrogen-bond acceptors (Lipinski definition) is 7. The van der Waals surface area contributed by atoms with Crippen molar-refractivity contribution in [2.45, 2.75) is 33.7 Å². The normalized spacial score (nSPS) is 12.2. The van der Waals surface area contributed by atoms with E-state index in [-0.39, 0.29) is 24.0 Å². The summed E-state index contributed by atoms with van der Waals surface area (Å²) in [6, 6.07) is -0.760. The number of hydrogen-bond donors (Lipinski definition) is 1. The molecule has 1 aromatic rings. The zero-order chi connectivity index (χ0) is 15.3. The number of carbonyl (C=O) groups excluding carboxylic acids is 2. The Hall–Kier alpha value is -2.12. The van der Waals surface area contributed by atoms with Crippen molar-refractivity contribution in [3.05, 3.63) is 5.69 Å². The molecule has 1 rings (SSSR count). The number of carbonyl (C=O) groups is 2. The fourth-order valence-electron chi connectivity index (χ4n) is 1.40. The highest BCUT2D eigenvalue weighted by molar-refractivity contribution is 5.92. The van der Waals surface area contributed by atoms with Crippen LogP contribution in [-0.4, -0.2) is 40.1 Å². The second kappa shape index (κ2) is 6.88. The number of rotatable bonds is 6. The highest BCUT2D eigenvalue weighted by Crippen LogP contribution is 2.16. The number of ether oxygens (including phenoxy) is 2. The van der Waals surface area contributed by atoms with Crippen molar-refractivity contribution < 1.29 is 19.1 Å². The average molecular weight is 284 g/mol. The van der Waals surface area contributed by atoms with Crippen molar-refractivity contribution in [1.29, 1.82) is 0 Å². The summed E-state index contributed by atoms with van der Waals surface area (Å²) >= 11 is 0. The Bertz CT molecular complexity index is 484. The van der Waals surface area contributed by atoms with Crippen LogP contribution in [0.5, 0.6) is 0 Å². The van der Waals surface area contributed by atoms with Crippen LogP contribution in [0.25, 0.3) is 0 Å². The van der Waals surface area contributed by atoms with Gasteiger partial charge in [-0.2, -0.15) is 0 Å². The molecular formula is C12H20N4O4. The van der Waals surface area contributed by atoms with E-state index in [1.54, 1.807) is 13.8 Å². The van der Waals surface area contributed by atoms with E-state index in [2.05, 4.69) is 10.3 Å².